The Hall–Kier alpha value is -5.21. The number of halogens is 1. The second-order valence-electron chi connectivity index (χ2n) is 12.4. The summed E-state index contributed by atoms with van der Waals surface area (Å²) in [6, 6.07) is 33.0. The first-order valence-electron chi connectivity index (χ1n) is 17.2. The van der Waals surface area contributed by atoms with Crippen LogP contribution in [0.5, 0.6) is 5.75 Å². The van der Waals surface area contributed by atoms with Crippen LogP contribution in [-0.4, -0.2) is 42.4 Å². The topological polar surface area (TPSA) is 78.8 Å². The van der Waals surface area contributed by atoms with Gasteiger partial charge in [-0.3, -0.25) is 4.79 Å². The van der Waals surface area contributed by atoms with Gasteiger partial charge in [0.2, 0.25) is 0 Å². The Bertz CT molecular complexity index is 1850. The smallest absolute Gasteiger partial charge is 0.335 e. The number of hydrogen-bond donors (Lipinski definition) is 1. The molecule has 1 N–H and O–H groups in total. The Morgan fingerprint density at radius 2 is 1.42 bits per heavy atom. The average Bonchev–Trinajstić information content (AvgIpc) is 3.49. The molecule has 1 heterocycles. The Balaban J connectivity index is 1.54. The maximum atomic E-state index is 14.4. The van der Waals surface area contributed by atoms with Crippen LogP contribution in [0.1, 0.15) is 68.2 Å². The molecule has 260 valence electrons. The van der Waals surface area contributed by atoms with E-state index in [0.717, 1.165) is 33.6 Å². The number of hydrogen-bond acceptors (Lipinski definition) is 5. The van der Waals surface area contributed by atoms with E-state index in [1.54, 1.807) is 19.1 Å². The van der Waals surface area contributed by atoms with E-state index in [1.165, 1.54) is 12.1 Å². The number of anilines is 1. The molecule has 5 aromatic rings. The molecule has 0 radical (unpaired) electrons. The normalized spacial score (nSPS) is 12.4. The molecule has 1 amide bonds. The number of nitrogens with one attached hydrogen (secondary N) is 1. The van der Waals surface area contributed by atoms with E-state index in [4.69, 9.17) is 14.2 Å². The lowest BCUT2D eigenvalue weighted by atomic mass is 9.94. The Kier molecular flexibility index (Phi) is 12.2. The first-order valence-corrected chi connectivity index (χ1v) is 17.2. The lowest BCUT2D eigenvalue weighted by molar-refractivity contribution is -0.156. The molecule has 0 aliphatic carbocycles. The van der Waals surface area contributed by atoms with Crippen LogP contribution >= 0.6 is 0 Å². The first kappa shape index (κ1) is 36.1. The van der Waals surface area contributed by atoms with E-state index in [0.29, 0.717) is 43.2 Å². The van der Waals surface area contributed by atoms with Gasteiger partial charge in [0.1, 0.15) is 18.2 Å². The van der Waals surface area contributed by atoms with E-state index < -0.39 is 6.10 Å². The molecule has 0 aliphatic rings. The van der Waals surface area contributed by atoms with Gasteiger partial charge in [0, 0.05) is 30.0 Å². The standard InChI is InChI=1S/C42H45FN2O5/c1-6-48-36(42(47)49-7-2)26-30-18-24-35(25-19-30)50-27-29(5)45-39(28(3)4)38(41(46)44-34-16-12-9-13-17-34)37(31-14-10-8-11-15-31)40(45)32-20-22-33(43)23-21-32/h8-25,28-29,36H,6-7,26-27H2,1-5H3,(H,44,46). The van der Waals surface area contributed by atoms with Crippen molar-refractivity contribution < 1.29 is 28.2 Å². The predicted molar refractivity (Wildman–Crippen MR) is 196 cm³/mol. The highest BCUT2D eigenvalue weighted by molar-refractivity contribution is 6.12. The maximum absolute atomic E-state index is 14.4. The largest absolute Gasteiger partial charge is 0.491 e. The predicted octanol–water partition coefficient (Wildman–Crippen LogP) is 9.49. The number of ether oxygens (including phenoxy) is 3. The zero-order chi connectivity index (χ0) is 35.6. The Labute approximate surface area is 294 Å². The number of esters is 1. The van der Waals surface area contributed by atoms with Crippen molar-refractivity contribution in [2.24, 2.45) is 0 Å². The van der Waals surface area contributed by atoms with Gasteiger partial charge in [-0.05, 0) is 91.9 Å². The summed E-state index contributed by atoms with van der Waals surface area (Å²) in [6.07, 6.45) is -0.284. The van der Waals surface area contributed by atoms with Gasteiger partial charge in [-0.1, -0.05) is 74.5 Å². The highest BCUT2D eigenvalue weighted by atomic mass is 19.1. The zero-order valence-corrected chi connectivity index (χ0v) is 29.3. The number of carbonyl (C=O) groups excluding carboxylic acids is 2. The van der Waals surface area contributed by atoms with Gasteiger partial charge in [-0.25, -0.2) is 9.18 Å². The zero-order valence-electron chi connectivity index (χ0n) is 29.3. The van der Waals surface area contributed by atoms with Crippen LogP contribution < -0.4 is 10.1 Å². The fourth-order valence-electron chi connectivity index (χ4n) is 6.23. The van der Waals surface area contributed by atoms with E-state index in [2.05, 4.69) is 30.7 Å². The molecule has 7 nitrogen and oxygen atoms in total. The molecule has 4 aromatic carbocycles. The molecule has 2 unspecified atom stereocenters. The second kappa shape index (κ2) is 16.9. The minimum Gasteiger partial charge on any atom is -0.491 e. The van der Waals surface area contributed by atoms with Gasteiger partial charge in [-0.15, -0.1) is 0 Å². The number of benzene rings is 4. The minimum absolute atomic E-state index is 0.0531. The van der Waals surface area contributed by atoms with Crippen LogP contribution in [-0.2, 0) is 20.7 Å². The average molecular weight is 677 g/mol. The molecule has 5 rings (SSSR count). The van der Waals surface area contributed by atoms with Gasteiger partial charge in [0.15, 0.2) is 6.10 Å². The Morgan fingerprint density at radius 1 is 0.780 bits per heavy atom. The molecule has 2 atom stereocenters. The molecule has 0 fully saturated rings. The number of carbonyl (C=O) groups is 2. The third kappa shape index (κ3) is 8.50. The van der Waals surface area contributed by atoms with E-state index in [1.807, 2.05) is 91.9 Å². The quantitative estimate of drug-likeness (QED) is 0.112. The summed E-state index contributed by atoms with van der Waals surface area (Å²) in [4.78, 5) is 26.7. The minimum atomic E-state index is -0.674. The summed E-state index contributed by atoms with van der Waals surface area (Å²) in [5.74, 6) is -0.328. The van der Waals surface area contributed by atoms with Crippen LogP contribution in [0.15, 0.2) is 109 Å². The number of nitrogens with zero attached hydrogens (tertiary/aromatic N) is 1. The molecule has 8 heteroatoms. The van der Waals surface area contributed by atoms with Crippen molar-refractivity contribution in [2.75, 3.05) is 25.1 Å². The van der Waals surface area contributed by atoms with Crippen LogP contribution in [0.4, 0.5) is 10.1 Å². The monoisotopic (exact) mass is 676 g/mol. The molecule has 50 heavy (non-hydrogen) atoms. The molecule has 0 bridgehead atoms. The lowest BCUT2D eigenvalue weighted by Gasteiger charge is -2.24. The van der Waals surface area contributed by atoms with E-state index >= 15 is 0 Å². The first-order chi connectivity index (χ1) is 24.2. The number of amides is 1. The number of rotatable bonds is 15. The number of aromatic nitrogens is 1. The van der Waals surface area contributed by atoms with Crippen LogP contribution in [0.25, 0.3) is 22.4 Å². The summed E-state index contributed by atoms with van der Waals surface area (Å²) < 4.78 is 33.6. The summed E-state index contributed by atoms with van der Waals surface area (Å²) in [7, 11) is 0. The van der Waals surface area contributed by atoms with Crippen molar-refractivity contribution in [2.45, 2.75) is 59.1 Å². The van der Waals surface area contributed by atoms with E-state index in [-0.39, 0.29) is 29.7 Å². The van der Waals surface area contributed by atoms with Gasteiger partial charge >= 0.3 is 5.97 Å². The molecular weight excluding hydrogens is 631 g/mol. The third-order valence-electron chi connectivity index (χ3n) is 8.42. The maximum Gasteiger partial charge on any atom is 0.335 e. The molecule has 0 saturated heterocycles. The van der Waals surface area contributed by atoms with Gasteiger partial charge in [-0.2, -0.15) is 0 Å². The molecular formula is C42H45FN2O5. The van der Waals surface area contributed by atoms with Crippen molar-refractivity contribution in [3.8, 4) is 28.1 Å². The van der Waals surface area contributed by atoms with Crippen molar-refractivity contribution in [3.63, 3.8) is 0 Å². The lowest BCUT2D eigenvalue weighted by Crippen LogP contribution is -2.28. The molecule has 0 aliphatic heterocycles. The fourth-order valence-corrected chi connectivity index (χ4v) is 6.23. The van der Waals surface area contributed by atoms with Crippen LogP contribution in [0, 0.1) is 5.82 Å². The highest BCUT2D eigenvalue weighted by Gasteiger charge is 2.32. The summed E-state index contributed by atoms with van der Waals surface area (Å²) in [5, 5.41) is 3.12. The van der Waals surface area contributed by atoms with E-state index in [9.17, 15) is 14.0 Å². The number of para-hydroxylation sites is 1. The third-order valence-corrected chi connectivity index (χ3v) is 8.42. The van der Waals surface area contributed by atoms with Crippen molar-refractivity contribution in [3.05, 3.63) is 132 Å². The van der Waals surface area contributed by atoms with Crippen molar-refractivity contribution in [1.82, 2.24) is 4.57 Å². The van der Waals surface area contributed by atoms with Crippen molar-refractivity contribution in [1.29, 1.82) is 0 Å². The molecule has 1 aromatic heterocycles. The SMILES string of the molecule is CCOC(=O)C(Cc1ccc(OCC(C)n2c(-c3ccc(F)cc3)c(-c3ccccc3)c(C(=O)Nc3ccccc3)c2C(C)C)cc1)OCC. The van der Waals surface area contributed by atoms with Crippen molar-refractivity contribution >= 4 is 17.6 Å². The second-order valence-corrected chi connectivity index (χ2v) is 12.4. The molecule has 0 spiro atoms. The van der Waals surface area contributed by atoms with Crippen LogP contribution in [0.3, 0.4) is 0 Å². The van der Waals surface area contributed by atoms with Gasteiger partial charge < -0.3 is 24.1 Å². The highest BCUT2D eigenvalue weighted by Crippen LogP contribution is 2.44. The Morgan fingerprint density at radius 3 is 2.02 bits per heavy atom. The fraction of sp³-hybridized carbons (Fsp3) is 0.286. The van der Waals surface area contributed by atoms with Gasteiger partial charge in [0.05, 0.1) is 23.9 Å². The summed E-state index contributed by atoms with van der Waals surface area (Å²) in [6.45, 7) is 10.8. The van der Waals surface area contributed by atoms with Crippen LogP contribution in [0.2, 0.25) is 0 Å². The molecule has 0 saturated carbocycles. The van der Waals surface area contributed by atoms with Gasteiger partial charge in [0.25, 0.3) is 5.91 Å². The summed E-state index contributed by atoms with van der Waals surface area (Å²) >= 11 is 0. The summed E-state index contributed by atoms with van der Waals surface area (Å²) in [5.41, 5.74) is 6.28.